The molecule has 0 bridgehead atoms. The summed E-state index contributed by atoms with van der Waals surface area (Å²) >= 11 is 6.00. The summed E-state index contributed by atoms with van der Waals surface area (Å²) in [4.78, 5) is 4.01. The SMILES string of the molecule is NS(=O)(=O)c1ccc(Cl)c(NCc2cccnc2)c1. The highest BCUT2D eigenvalue weighted by Gasteiger charge is 2.10. The van der Waals surface area contributed by atoms with Crippen molar-refractivity contribution in [1.29, 1.82) is 0 Å². The molecule has 0 saturated carbocycles. The Labute approximate surface area is 116 Å². The maximum absolute atomic E-state index is 11.3. The van der Waals surface area contributed by atoms with E-state index >= 15 is 0 Å². The number of primary sulfonamides is 1. The maximum atomic E-state index is 11.3. The highest BCUT2D eigenvalue weighted by molar-refractivity contribution is 7.89. The Bertz CT molecular complexity index is 675. The van der Waals surface area contributed by atoms with E-state index in [0.717, 1.165) is 5.56 Å². The average molecular weight is 298 g/mol. The topological polar surface area (TPSA) is 85.1 Å². The molecule has 100 valence electrons. The van der Waals surface area contributed by atoms with Crippen molar-refractivity contribution in [3.8, 4) is 0 Å². The molecule has 0 radical (unpaired) electrons. The number of anilines is 1. The van der Waals surface area contributed by atoms with E-state index in [1.807, 2.05) is 12.1 Å². The van der Waals surface area contributed by atoms with Gasteiger partial charge in [0, 0.05) is 18.9 Å². The van der Waals surface area contributed by atoms with E-state index in [1.54, 1.807) is 12.4 Å². The van der Waals surface area contributed by atoms with Gasteiger partial charge in [0.15, 0.2) is 0 Å². The van der Waals surface area contributed by atoms with E-state index in [-0.39, 0.29) is 4.90 Å². The number of aromatic nitrogens is 1. The first kappa shape index (κ1) is 13.8. The molecule has 0 amide bonds. The molecule has 0 spiro atoms. The lowest BCUT2D eigenvalue weighted by atomic mass is 10.2. The zero-order chi connectivity index (χ0) is 13.9. The Hall–Kier alpha value is -1.63. The van der Waals surface area contributed by atoms with Gasteiger partial charge in [0.1, 0.15) is 0 Å². The highest BCUT2D eigenvalue weighted by Crippen LogP contribution is 2.25. The van der Waals surface area contributed by atoms with Gasteiger partial charge in [-0.25, -0.2) is 13.6 Å². The number of pyridine rings is 1. The molecule has 0 unspecified atom stereocenters. The standard InChI is InChI=1S/C12H12ClN3O2S/c13-11-4-3-10(19(14,17)18)6-12(11)16-8-9-2-1-5-15-7-9/h1-7,16H,8H2,(H2,14,17,18). The quantitative estimate of drug-likeness (QED) is 0.904. The molecule has 2 aromatic rings. The molecule has 0 aliphatic heterocycles. The fourth-order valence-electron chi connectivity index (χ4n) is 1.52. The number of nitrogens with zero attached hydrogens (tertiary/aromatic N) is 1. The van der Waals surface area contributed by atoms with Gasteiger partial charge in [-0.05, 0) is 29.8 Å². The Kier molecular flexibility index (Phi) is 4.04. The third kappa shape index (κ3) is 3.66. The lowest BCUT2D eigenvalue weighted by Gasteiger charge is -2.09. The number of nitrogens with two attached hydrogens (primary N) is 1. The Morgan fingerprint density at radius 2 is 2.11 bits per heavy atom. The molecule has 1 heterocycles. The van der Waals surface area contributed by atoms with Crippen LogP contribution < -0.4 is 10.5 Å². The molecule has 2 rings (SSSR count). The van der Waals surface area contributed by atoms with E-state index in [2.05, 4.69) is 10.3 Å². The van der Waals surface area contributed by atoms with Crippen LogP contribution in [-0.2, 0) is 16.6 Å². The van der Waals surface area contributed by atoms with Gasteiger partial charge in [0.25, 0.3) is 0 Å². The van der Waals surface area contributed by atoms with Crippen molar-refractivity contribution >= 4 is 27.3 Å². The normalized spacial score (nSPS) is 11.3. The summed E-state index contributed by atoms with van der Waals surface area (Å²) in [5, 5.41) is 8.55. The van der Waals surface area contributed by atoms with E-state index in [4.69, 9.17) is 16.7 Å². The van der Waals surface area contributed by atoms with Crippen LogP contribution in [0.5, 0.6) is 0 Å². The van der Waals surface area contributed by atoms with Crippen LogP contribution in [0.15, 0.2) is 47.6 Å². The van der Waals surface area contributed by atoms with Crippen molar-refractivity contribution in [3.63, 3.8) is 0 Å². The summed E-state index contributed by atoms with van der Waals surface area (Å²) in [6.07, 6.45) is 3.39. The third-order valence-corrected chi connectivity index (χ3v) is 3.71. The molecule has 0 atom stereocenters. The number of nitrogens with one attached hydrogen (secondary N) is 1. The van der Waals surface area contributed by atoms with Crippen molar-refractivity contribution in [2.75, 3.05) is 5.32 Å². The molecule has 1 aromatic heterocycles. The van der Waals surface area contributed by atoms with Gasteiger partial charge in [-0.15, -0.1) is 0 Å². The zero-order valence-electron chi connectivity index (χ0n) is 9.88. The molecule has 19 heavy (non-hydrogen) atoms. The van der Waals surface area contributed by atoms with Crippen molar-refractivity contribution < 1.29 is 8.42 Å². The van der Waals surface area contributed by atoms with Crippen LogP contribution in [0, 0.1) is 0 Å². The van der Waals surface area contributed by atoms with Gasteiger partial charge in [-0.1, -0.05) is 17.7 Å². The molecule has 0 aliphatic rings. The van der Waals surface area contributed by atoms with Gasteiger partial charge in [0.05, 0.1) is 15.6 Å². The molecule has 7 heteroatoms. The first-order chi connectivity index (χ1) is 8.97. The van der Waals surface area contributed by atoms with Gasteiger partial charge in [0.2, 0.25) is 10.0 Å². The molecule has 0 aliphatic carbocycles. The second-order valence-corrected chi connectivity index (χ2v) is 5.87. The third-order valence-electron chi connectivity index (χ3n) is 2.47. The number of halogens is 1. The average Bonchev–Trinajstić information content (AvgIpc) is 2.37. The lowest BCUT2D eigenvalue weighted by Crippen LogP contribution is -2.12. The summed E-state index contributed by atoms with van der Waals surface area (Å²) < 4.78 is 22.5. The minimum atomic E-state index is -3.74. The van der Waals surface area contributed by atoms with E-state index in [9.17, 15) is 8.42 Å². The van der Waals surface area contributed by atoms with Crippen molar-refractivity contribution in [2.45, 2.75) is 11.4 Å². The van der Waals surface area contributed by atoms with Crippen molar-refractivity contribution in [3.05, 3.63) is 53.3 Å². The van der Waals surface area contributed by atoms with Gasteiger partial charge in [-0.2, -0.15) is 0 Å². The first-order valence-electron chi connectivity index (χ1n) is 5.42. The number of rotatable bonds is 4. The maximum Gasteiger partial charge on any atom is 0.238 e. The Balaban J connectivity index is 2.21. The van der Waals surface area contributed by atoms with Crippen LogP contribution in [0.4, 0.5) is 5.69 Å². The number of sulfonamides is 1. The minimum absolute atomic E-state index is 0.0191. The number of hydrogen-bond acceptors (Lipinski definition) is 4. The summed E-state index contributed by atoms with van der Waals surface area (Å²) in [6, 6.07) is 7.99. The summed E-state index contributed by atoms with van der Waals surface area (Å²) in [5.74, 6) is 0. The highest BCUT2D eigenvalue weighted by atomic mass is 35.5. The fourth-order valence-corrected chi connectivity index (χ4v) is 2.24. The first-order valence-corrected chi connectivity index (χ1v) is 7.34. The smallest absolute Gasteiger partial charge is 0.238 e. The van der Waals surface area contributed by atoms with Crippen LogP contribution in [0.3, 0.4) is 0 Å². The summed E-state index contributed by atoms with van der Waals surface area (Å²) in [7, 11) is -3.74. The Morgan fingerprint density at radius 3 is 2.74 bits per heavy atom. The van der Waals surface area contributed by atoms with Crippen LogP contribution in [0.2, 0.25) is 5.02 Å². The monoisotopic (exact) mass is 297 g/mol. The molecular weight excluding hydrogens is 286 g/mol. The molecule has 5 nitrogen and oxygen atoms in total. The predicted octanol–water partition coefficient (Wildman–Crippen LogP) is 1.99. The number of benzene rings is 1. The molecule has 0 saturated heterocycles. The van der Waals surface area contributed by atoms with Crippen LogP contribution >= 0.6 is 11.6 Å². The molecular formula is C12H12ClN3O2S. The van der Waals surface area contributed by atoms with E-state index in [1.165, 1.54) is 18.2 Å². The molecule has 1 aromatic carbocycles. The van der Waals surface area contributed by atoms with E-state index in [0.29, 0.717) is 17.3 Å². The lowest BCUT2D eigenvalue weighted by molar-refractivity contribution is 0.598. The predicted molar refractivity (Wildman–Crippen MR) is 74.4 cm³/mol. The van der Waals surface area contributed by atoms with Crippen LogP contribution in [-0.4, -0.2) is 13.4 Å². The fraction of sp³-hybridized carbons (Fsp3) is 0.0833. The van der Waals surface area contributed by atoms with Crippen molar-refractivity contribution in [2.24, 2.45) is 5.14 Å². The second kappa shape index (κ2) is 5.56. The van der Waals surface area contributed by atoms with Gasteiger partial charge < -0.3 is 5.32 Å². The van der Waals surface area contributed by atoms with Crippen LogP contribution in [0.1, 0.15) is 5.56 Å². The van der Waals surface area contributed by atoms with Crippen LogP contribution in [0.25, 0.3) is 0 Å². The number of hydrogen-bond donors (Lipinski definition) is 2. The van der Waals surface area contributed by atoms with Gasteiger partial charge in [-0.3, -0.25) is 4.98 Å². The molecule has 3 N–H and O–H groups in total. The summed E-state index contributed by atoms with van der Waals surface area (Å²) in [5.41, 5.74) is 1.47. The van der Waals surface area contributed by atoms with Gasteiger partial charge >= 0.3 is 0 Å². The van der Waals surface area contributed by atoms with E-state index < -0.39 is 10.0 Å². The summed E-state index contributed by atoms with van der Waals surface area (Å²) in [6.45, 7) is 0.488. The zero-order valence-corrected chi connectivity index (χ0v) is 11.4. The molecule has 0 fully saturated rings. The largest absolute Gasteiger partial charge is 0.380 e. The second-order valence-electron chi connectivity index (χ2n) is 3.90. The van der Waals surface area contributed by atoms with Crippen molar-refractivity contribution in [1.82, 2.24) is 4.98 Å². The Morgan fingerprint density at radius 1 is 1.32 bits per heavy atom. The minimum Gasteiger partial charge on any atom is -0.380 e.